The van der Waals surface area contributed by atoms with Gasteiger partial charge in [0.1, 0.15) is 18.1 Å². The second-order valence-electron chi connectivity index (χ2n) is 12.9. The van der Waals surface area contributed by atoms with Gasteiger partial charge in [-0.2, -0.15) is 0 Å². The van der Waals surface area contributed by atoms with Gasteiger partial charge >= 0.3 is 5.97 Å². The molecule has 1 aromatic rings. The number of nitrogens with two attached hydrogens (primary N) is 1. The Hall–Kier alpha value is -3.66. The second kappa shape index (κ2) is 18.8. The molecule has 48 heavy (non-hydrogen) atoms. The van der Waals surface area contributed by atoms with E-state index in [4.69, 9.17) is 5.73 Å². The summed E-state index contributed by atoms with van der Waals surface area (Å²) >= 11 is 0. The summed E-state index contributed by atoms with van der Waals surface area (Å²) in [5, 5.41) is 46.7. The number of fused-ring (bicyclic) bond motifs is 1. The number of aromatic hydroxyl groups is 2. The van der Waals surface area contributed by atoms with Gasteiger partial charge in [0.25, 0.3) is 0 Å². The number of carbonyl (C=O) groups is 5. The summed E-state index contributed by atoms with van der Waals surface area (Å²) in [7, 11) is 0. The second-order valence-corrected chi connectivity index (χ2v) is 12.9. The van der Waals surface area contributed by atoms with Gasteiger partial charge in [-0.1, -0.05) is 0 Å². The molecule has 2 aliphatic heterocycles. The van der Waals surface area contributed by atoms with Gasteiger partial charge < -0.3 is 47.6 Å². The number of carboxylic acids is 1. The van der Waals surface area contributed by atoms with Crippen LogP contribution in [0.3, 0.4) is 0 Å². The third-order valence-corrected chi connectivity index (χ3v) is 8.69. The first-order valence-corrected chi connectivity index (χ1v) is 16.4. The van der Waals surface area contributed by atoms with Crippen molar-refractivity contribution in [3.8, 4) is 11.5 Å². The van der Waals surface area contributed by atoms with Crippen molar-refractivity contribution >= 4 is 42.0 Å². The zero-order chi connectivity index (χ0) is 34.7. The maximum Gasteiger partial charge on any atom is 0.326 e. The highest BCUT2D eigenvalue weighted by molar-refractivity contribution is 5.93. The van der Waals surface area contributed by atoms with Crippen molar-refractivity contribution in [2.24, 2.45) is 5.73 Å². The predicted molar refractivity (Wildman–Crippen MR) is 181 cm³/mol. The Bertz CT molecular complexity index is 1290. The molecule has 4 amide bonds. The number of carboxylic acid groups (broad SMARTS) is 1. The molecule has 11 N–H and O–H groups in total. The molecule has 0 saturated carbocycles. The summed E-state index contributed by atoms with van der Waals surface area (Å²) in [6.45, 7) is 6.64. The highest BCUT2D eigenvalue weighted by Gasteiger charge is 2.37. The number of benzene rings is 1. The molecular formula is C32H52ClN7O8. The quantitative estimate of drug-likeness (QED) is 0.0767. The maximum atomic E-state index is 13.1. The lowest BCUT2D eigenvalue weighted by molar-refractivity contribution is -0.142. The SMILES string of the molecule is CC(NC(=O)[C@@H]1CCCN1)C(=O)NC(CCCCN)C(=O)NCCCCC(NC(=O)[C@@H]1Cc2cc(O)c(O)cc2C(C)(C)N1)C(=O)O.Cl. The lowest BCUT2D eigenvalue weighted by Crippen LogP contribution is -2.57. The summed E-state index contributed by atoms with van der Waals surface area (Å²) in [6.07, 6.45) is 4.39. The number of phenols is 2. The molecule has 0 bridgehead atoms. The first kappa shape index (κ1) is 40.5. The molecule has 3 unspecified atom stereocenters. The normalized spacial score (nSPS) is 19.8. The fourth-order valence-corrected chi connectivity index (χ4v) is 6.00. The summed E-state index contributed by atoms with van der Waals surface area (Å²) in [5.74, 6) is -3.36. The first-order valence-electron chi connectivity index (χ1n) is 16.4. The van der Waals surface area contributed by atoms with Crippen molar-refractivity contribution in [1.29, 1.82) is 0 Å². The van der Waals surface area contributed by atoms with Gasteiger partial charge in [-0.25, -0.2) is 4.79 Å². The molecule has 5 atom stereocenters. The summed E-state index contributed by atoms with van der Waals surface area (Å²) in [6, 6.07) is -1.03. The van der Waals surface area contributed by atoms with Crippen molar-refractivity contribution < 1.29 is 39.3 Å². The van der Waals surface area contributed by atoms with Gasteiger partial charge in [0.2, 0.25) is 23.6 Å². The molecular weight excluding hydrogens is 646 g/mol. The van der Waals surface area contributed by atoms with Gasteiger partial charge in [0.15, 0.2) is 11.5 Å². The lowest BCUT2D eigenvalue weighted by atomic mass is 9.81. The Morgan fingerprint density at radius 1 is 0.917 bits per heavy atom. The van der Waals surface area contributed by atoms with Crippen molar-refractivity contribution in [3.63, 3.8) is 0 Å². The van der Waals surface area contributed by atoms with Crippen LogP contribution in [0.1, 0.15) is 83.3 Å². The Morgan fingerprint density at radius 3 is 2.21 bits per heavy atom. The van der Waals surface area contributed by atoms with Gasteiger partial charge in [-0.15, -0.1) is 12.4 Å². The zero-order valence-electron chi connectivity index (χ0n) is 27.9. The fourth-order valence-electron chi connectivity index (χ4n) is 6.00. The molecule has 0 aromatic heterocycles. The number of hydrogen-bond donors (Lipinski definition) is 10. The van der Waals surface area contributed by atoms with E-state index in [-0.39, 0.29) is 61.1 Å². The van der Waals surface area contributed by atoms with E-state index in [1.165, 1.54) is 12.1 Å². The highest BCUT2D eigenvalue weighted by Crippen LogP contribution is 2.37. The first-order chi connectivity index (χ1) is 22.2. The maximum absolute atomic E-state index is 13.1. The van der Waals surface area contributed by atoms with E-state index in [2.05, 4.69) is 31.9 Å². The Balaban J connectivity index is 0.00000800. The van der Waals surface area contributed by atoms with Crippen LogP contribution < -0.4 is 37.6 Å². The molecule has 2 heterocycles. The number of amides is 4. The number of aliphatic carboxylic acids is 1. The molecule has 1 fully saturated rings. The number of halogens is 1. The average molecular weight is 698 g/mol. The molecule has 3 rings (SSSR count). The average Bonchev–Trinajstić information content (AvgIpc) is 3.55. The number of rotatable bonds is 17. The molecule has 16 heteroatoms. The summed E-state index contributed by atoms with van der Waals surface area (Å²) in [4.78, 5) is 63.3. The van der Waals surface area contributed by atoms with Crippen molar-refractivity contribution in [3.05, 3.63) is 23.3 Å². The lowest BCUT2D eigenvalue weighted by Gasteiger charge is -2.39. The fraction of sp³-hybridized carbons (Fsp3) is 0.656. The topological polar surface area (TPSA) is 244 Å². The van der Waals surface area contributed by atoms with Crippen LogP contribution in [0.25, 0.3) is 0 Å². The van der Waals surface area contributed by atoms with E-state index in [0.29, 0.717) is 50.6 Å². The summed E-state index contributed by atoms with van der Waals surface area (Å²) in [5.41, 5.74) is 6.27. The zero-order valence-corrected chi connectivity index (χ0v) is 28.7. The minimum absolute atomic E-state index is 0. The minimum atomic E-state index is -1.19. The van der Waals surface area contributed by atoms with Crippen molar-refractivity contribution in [1.82, 2.24) is 31.9 Å². The van der Waals surface area contributed by atoms with Crippen LogP contribution in [-0.2, 0) is 35.9 Å². The van der Waals surface area contributed by atoms with E-state index in [0.717, 1.165) is 18.5 Å². The Morgan fingerprint density at radius 2 is 1.56 bits per heavy atom. The third-order valence-electron chi connectivity index (χ3n) is 8.69. The molecule has 0 aliphatic carbocycles. The van der Waals surface area contributed by atoms with Crippen LogP contribution in [0.5, 0.6) is 11.5 Å². The number of carbonyl (C=O) groups excluding carboxylic acids is 4. The van der Waals surface area contributed by atoms with Crippen molar-refractivity contribution in [2.45, 2.75) is 114 Å². The smallest absolute Gasteiger partial charge is 0.326 e. The van der Waals surface area contributed by atoms with Crippen LogP contribution in [0.2, 0.25) is 0 Å². The van der Waals surface area contributed by atoms with Crippen LogP contribution in [0.15, 0.2) is 12.1 Å². The Labute approximate surface area is 287 Å². The monoisotopic (exact) mass is 697 g/mol. The third kappa shape index (κ3) is 11.5. The van der Waals surface area contributed by atoms with Gasteiger partial charge in [-0.05, 0) is 115 Å². The largest absolute Gasteiger partial charge is 0.504 e. The van der Waals surface area contributed by atoms with Gasteiger partial charge in [-0.3, -0.25) is 24.5 Å². The molecule has 1 saturated heterocycles. The van der Waals surface area contributed by atoms with E-state index in [9.17, 15) is 39.3 Å². The number of hydrogen-bond acceptors (Lipinski definition) is 10. The molecule has 1 aromatic carbocycles. The Kier molecular flexibility index (Phi) is 15.8. The van der Waals surface area contributed by atoms with E-state index in [1.807, 2.05) is 13.8 Å². The number of nitrogens with one attached hydrogen (secondary N) is 6. The van der Waals surface area contributed by atoms with Crippen LogP contribution in [0.4, 0.5) is 0 Å². The molecule has 270 valence electrons. The van der Waals surface area contributed by atoms with E-state index >= 15 is 0 Å². The predicted octanol–water partition coefficient (Wildman–Crippen LogP) is -0.00460. The molecule has 0 radical (unpaired) electrons. The molecule has 0 spiro atoms. The molecule has 15 nitrogen and oxygen atoms in total. The number of phenolic OH excluding ortho intramolecular Hbond substituents is 2. The standard InChI is InChI=1S/C32H51N7O8.ClH/c1-18(36-29(44)21-11-8-14-34-21)27(42)37-22(9-4-6-12-33)28(43)35-13-7-5-10-23(31(46)47)38-30(45)24-15-19-16-25(40)26(41)17-20(19)32(2,3)39-24;/h16-18,21-24,34,39-41H,4-15,33H2,1-3H3,(H,35,43)(H,36,44)(H,37,42)(H,38,45)(H,46,47);1H/t18?,21-,22?,23?,24-;/m0./s1. The van der Waals surface area contributed by atoms with E-state index < -0.39 is 47.5 Å². The molecule has 2 aliphatic rings. The minimum Gasteiger partial charge on any atom is -0.504 e. The van der Waals surface area contributed by atoms with Crippen molar-refractivity contribution in [2.75, 3.05) is 19.6 Å². The highest BCUT2D eigenvalue weighted by atomic mass is 35.5. The van der Waals surface area contributed by atoms with Crippen LogP contribution in [0, 0.1) is 0 Å². The summed E-state index contributed by atoms with van der Waals surface area (Å²) < 4.78 is 0. The van der Waals surface area contributed by atoms with Crippen LogP contribution >= 0.6 is 12.4 Å². The van der Waals surface area contributed by atoms with E-state index in [1.54, 1.807) is 6.92 Å². The van der Waals surface area contributed by atoms with Crippen LogP contribution in [-0.4, -0.2) is 94.8 Å². The number of unbranched alkanes of at least 4 members (excludes halogenated alkanes) is 2. The van der Waals surface area contributed by atoms with Gasteiger partial charge in [0.05, 0.1) is 12.1 Å². The van der Waals surface area contributed by atoms with Gasteiger partial charge in [0, 0.05) is 12.1 Å².